The summed E-state index contributed by atoms with van der Waals surface area (Å²) in [7, 11) is 0. The topological polar surface area (TPSA) is 61.8 Å². The molecule has 0 bridgehead atoms. The van der Waals surface area contributed by atoms with Crippen LogP contribution in [-0.4, -0.2) is 24.6 Å². The van der Waals surface area contributed by atoms with E-state index in [4.69, 9.17) is 14.2 Å². The maximum Gasteiger partial charge on any atom is 0.330 e. The Morgan fingerprint density at radius 3 is 2.32 bits per heavy atom. The fourth-order valence-electron chi connectivity index (χ4n) is 3.28. The van der Waals surface area contributed by atoms with Gasteiger partial charge in [0.2, 0.25) is 0 Å². The first-order valence-electron chi connectivity index (χ1n) is 10.4. The van der Waals surface area contributed by atoms with Gasteiger partial charge in [0.05, 0.1) is 12.5 Å². The number of hydrogen-bond acceptors (Lipinski definition) is 5. The maximum atomic E-state index is 12.4. The number of hydrogen-bond donors (Lipinski definition) is 0. The van der Waals surface area contributed by atoms with Crippen molar-refractivity contribution in [1.82, 2.24) is 0 Å². The Balaban J connectivity index is 1.70. The number of ether oxygens (including phenoxy) is 3. The van der Waals surface area contributed by atoms with Crippen molar-refractivity contribution in [2.75, 3.05) is 6.61 Å². The molecule has 2 rings (SSSR count). The molecule has 0 aromatic heterocycles. The summed E-state index contributed by atoms with van der Waals surface area (Å²) in [5.74, 6) is 0.642. The normalized spacial score (nSPS) is 19.4. The Hall–Kier alpha value is -2.30. The van der Waals surface area contributed by atoms with Crippen molar-refractivity contribution >= 4 is 11.9 Å². The van der Waals surface area contributed by atoms with Crippen molar-refractivity contribution in [2.24, 2.45) is 5.92 Å². The molecule has 154 valence electrons. The van der Waals surface area contributed by atoms with Crippen molar-refractivity contribution < 1.29 is 23.8 Å². The maximum absolute atomic E-state index is 12.4. The summed E-state index contributed by atoms with van der Waals surface area (Å²) in [6, 6.07) is 7.20. The van der Waals surface area contributed by atoms with E-state index in [1.54, 1.807) is 25.1 Å². The van der Waals surface area contributed by atoms with Crippen LogP contribution >= 0.6 is 0 Å². The summed E-state index contributed by atoms with van der Waals surface area (Å²) < 4.78 is 16.6. The quantitative estimate of drug-likeness (QED) is 0.238. The molecule has 0 saturated heterocycles. The highest BCUT2D eigenvalue weighted by Crippen LogP contribution is 2.28. The molecular formula is C23H32O5. The zero-order valence-corrected chi connectivity index (χ0v) is 17.0. The van der Waals surface area contributed by atoms with E-state index in [0.717, 1.165) is 12.2 Å². The minimum Gasteiger partial charge on any atom is -0.494 e. The molecule has 28 heavy (non-hydrogen) atoms. The van der Waals surface area contributed by atoms with Gasteiger partial charge >= 0.3 is 11.9 Å². The van der Waals surface area contributed by atoms with Gasteiger partial charge in [-0.1, -0.05) is 32.3 Å². The molecule has 1 aliphatic rings. The van der Waals surface area contributed by atoms with Gasteiger partial charge in [-0.15, -0.1) is 0 Å². The van der Waals surface area contributed by atoms with Crippen LogP contribution in [0.15, 0.2) is 36.4 Å². The molecule has 1 fully saturated rings. The fourth-order valence-corrected chi connectivity index (χ4v) is 3.28. The molecule has 0 heterocycles. The SMILES string of the molecule is C/C=C/C(=O)O[C@H]1CC[C@H](C(=O)Oc2ccc(OCCCCCC)cc2)CC1. The summed E-state index contributed by atoms with van der Waals surface area (Å²) in [6.45, 7) is 4.67. The second kappa shape index (κ2) is 12.2. The number of rotatable bonds is 10. The molecule has 0 atom stereocenters. The van der Waals surface area contributed by atoms with Crippen LogP contribution in [-0.2, 0) is 14.3 Å². The molecule has 0 unspecified atom stereocenters. The first-order chi connectivity index (χ1) is 13.6. The molecule has 5 nitrogen and oxygen atoms in total. The minimum absolute atomic E-state index is 0.110. The van der Waals surface area contributed by atoms with Crippen LogP contribution in [0.1, 0.15) is 65.2 Å². The minimum atomic E-state index is -0.318. The van der Waals surface area contributed by atoms with Gasteiger partial charge in [0.1, 0.15) is 17.6 Å². The summed E-state index contributed by atoms with van der Waals surface area (Å²) in [5.41, 5.74) is 0. The first kappa shape index (κ1) is 22.0. The summed E-state index contributed by atoms with van der Waals surface area (Å²) in [4.78, 5) is 23.9. The van der Waals surface area contributed by atoms with Crippen molar-refractivity contribution in [1.29, 1.82) is 0 Å². The standard InChI is InChI=1S/C23H32O5/c1-3-5-6-7-17-26-19-13-15-21(16-14-19)28-23(25)18-9-11-20(12-10-18)27-22(24)8-4-2/h4,8,13-16,18,20H,3,5-7,9-12,17H2,1-2H3/b8-4+/t18-,20-. The number of carbonyl (C=O) groups is 2. The van der Waals surface area contributed by atoms with Crippen molar-refractivity contribution in [3.8, 4) is 11.5 Å². The van der Waals surface area contributed by atoms with Gasteiger partial charge in [-0.25, -0.2) is 4.79 Å². The predicted molar refractivity (Wildman–Crippen MR) is 108 cm³/mol. The fraction of sp³-hybridized carbons (Fsp3) is 0.565. The molecule has 0 N–H and O–H groups in total. The predicted octanol–water partition coefficient (Wildman–Crippen LogP) is 5.23. The monoisotopic (exact) mass is 388 g/mol. The molecule has 0 amide bonds. The summed E-state index contributed by atoms with van der Waals surface area (Å²) in [5, 5.41) is 0. The lowest BCUT2D eigenvalue weighted by Gasteiger charge is -2.26. The third kappa shape index (κ3) is 7.75. The molecular weight excluding hydrogens is 356 g/mol. The lowest BCUT2D eigenvalue weighted by atomic mass is 9.87. The second-order valence-corrected chi connectivity index (χ2v) is 7.21. The van der Waals surface area contributed by atoms with E-state index in [1.807, 2.05) is 12.1 Å². The Labute approximate surface area is 168 Å². The van der Waals surface area contributed by atoms with Crippen LogP contribution in [0.2, 0.25) is 0 Å². The average molecular weight is 389 g/mol. The van der Waals surface area contributed by atoms with Crippen LogP contribution in [0.3, 0.4) is 0 Å². The Kier molecular flexibility index (Phi) is 9.60. The van der Waals surface area contributed by atoms with Gasteiger partial charge in [-0.05, 0) is 63.3 Å². The molecule has 0 aliphatic heterocycles. The van der Waals surface area contributed by atoms with Crippen LogP contribution in [0, 0.1) is 5.92 Å². The number of unbranched alkanes of at least 4 members (excludes halogenated alkanes) is 3. The highest BCUT2D eigenvalue weighted by molar-refractivity contribution is 5.82. The lowest BCUT2D eigenvalue weighted by molar-refractivity contribution is -0.147. The van der Waals surface area contributed by atoms with Gasteiger partial charge in [0, 0.05) is 6.08 Å². The highest BCUT2D eigenvalue weighted by Gasteiger charge is 2.29. The van der Waals surface area contributed by atoms with E-state index in [9.17, 15) is 9.59 Å². The zero-order chi connectivity index (χ0) is 20.2. The van der Waals surface area contributed by atoms with Gasteiger partial charge in [0.25, 0.3) is 0 Å². The number of allylic oxidation sites excluding steroid dienone is 1. The molecule has 0 radical (unpaired) electrons. The van der Waals surface area contributed by atoms with Crippen LogP contribution < -0.4 is 9.47 Å². The van der Waals surface area contributed by atoms with Gasteiger partial charge in [0.15, 0.2) is 0 Å². The Morgan fingerprint density at radius 2 is 1.68 bits per heavy atom. The average Bonchev–Trinajstić information content (AvgIpc) is 2.70. The number of benzene rings is 1. The molecule has 1 aromatic carbocycles. The van der Waals surface area contributed by atoms with Crippen LogP contribution in [0.25, 0.3) is 0 Å². The van der Waals surface area contributed by atoms with Crippen LogP contribution in [0.4, 0.5) is 0 Å². The Bertz CT molecular complexity index is 627. The van der Waals surface area contributed by atoms with Gasteiger partial charge < -0.3 is 14.2 Å². The zero-order valence-electron chi connectivity index (χ0n) is 17.0. The van der Waals surface area contributed by atoms with E-state index < -0.39 is 0 Å². The number of carbonyl (C=O) groups excluding carboxylic acids is 2. The summed E-state index contributed by atoms with van der Waals surface area (Å²) >= 11 is 0. The van der Waals surface area contributed by atoms with E-state index in [0.29, 0.717) is 38.0 Å². The highest BCUT2D eigenvalue weighted by atomic mass is 16.5. The number of esters is 2. The van der Waals surface area contributed by atoms with Crippen molar-refractivity contribution in [3.63, 3.8) is 0 Å². The Morgan fingerprint density at radius 1 is 1.00 bits per heavy atom. The van der Waals surface area contributed by atoms with Crippen LogP contribution in [0.5, 0.6) is 11.5 Å². The van der Waals surface area contributed by atoms with E-state index in [1.165, 1.54) is 25.3 Å². The lowest BCUT2D eigenvalue weighted by Crippen LogP contribution is -2.29. The van der Waals surface area contributed by atoms with E-state index >= 15 is 0 Å². The third-order valence-corrected chi connectivity index (χ3v) is 4.90. The first-order valence-corrected chi connectivity index (χ1v) is 10.4. The molecule has 5 heteroatoms. The molecule has 1 saturated carbocycles. The van der Waals surface area contributed by atoms with Gasteiger partial charge in [-0.3, -0.25) is 4.79 Å². The largest absolute Gasteiger partial charge is 0.494 e. The smallest absolute Gasteiger partial charge is 0.330 e. The molecule has 1 aliphatic carbocycles. The van der Waals surface area contributed by atoms with E-state index in [-0.39, 0.29) is 24.0 Å². The van der Waals surface area contributed by atoms with Crippen molar-refractivity contribution in [2.45, 2.75) is 71.3 Å². The molecule has 1 aromatic rings. The van der Waals surface area contributed by atoms with Crippen molar-refractivity contribution in [3.05, 3.63) is 36.4 Å². The van der Waals surface area contributed by atoms with E-state index in [2.05, 4.69) is 6.92 Å². The summed E-state index contributed by atoms with van der Waals surface area (Å²) in [6.07, 6.45) is 10.4. The molecule has 0 spiro atoms. The van der Waals surface area contributed by atoms with Gasteiger partial charge in [-0.2, -0.15) is 0 Å². The third-order valence-electron chi connectivity index (χ3n) is 4.90. The second-order valence-electron chi connectivity index (χ2n) is 7.21.